The summed E-state index contributed by atoms with van der Waals surface area (Å²) in [5, 5.41) is 11.6. The molecule has 2 aromatic rings. The lowest BCUT2D eigenvalue weighted by Gasteiger charge is -2.26. The zero-order chi connectivity index (χ0) is 26.6. The molecule has 1 amide bonds. The number of carbonyl (C=O) groups is 2. The third kappa shape index (κ3) is 5.18. The number of likely N-dealkylation sites (tertiary alicyclic amines) is 1. The SMILES string of the molecule is COCCCN1C(=O)C(=O)/C(=C(/O)c2cc(C(C)(C)C)ccc2OC)C1c1ccc(OC)c(OC)c1. The number of ether oxygens (including phenoxy) is 4. The summed E-state index contributed by atoms with van der Waals surface area (Å²) in [5.74, 6) is -0.365. The number of methoxy groups -OCH3 is 4. The number of carbonyl (C=O) groups excluding carboxylic acids is 2. The maximum Gasteiger partial charge on any atom is 0.295 e. The zero-order valence-electron chi connectivity index (χ0n) is 22.0. The Bertz CT molecular complexity index is 1160. The maximum absolute atomic E-state index is 13.4. The third-order valence-electron chi connectivity index (χ3n) is 6.33. The molecule has 1 atom stereocenters. The van der Waals surface area contributed by atoms with Crippen LogP contribution in [0.3, 0.4) is 0 Å². The Morgan fingerprint density at radius 3 is 2.14 bits per heavy atom. The number of rotatable bonds is 9. The number of aliphatic hydroxyl groups is 1. The largest absolute Gasteiger partial charge is 0.507 e. The molecule has 0 aliphatic carbocycles. The van der Waals surface area contributed by atoms with Gasteiger partial charge in [-0.05, 0) is 47.2 Å². The first kappa shape index (κ1) is 27.1. The van der Waals surface area contributed by atoms with Crippen LogP contribution in [-0.4, -0.2) is 63.3 Å². The fraction of sp³-hybridized carbons (Fsp3) is 0.429. The van der Waals surface area contributed by atoms with Gasteiger partial charge in [-0.2, -0.15) is 0 Å². The van der Waals surface area contributed by atoms with Crippen molar-refractivity contribution in [3.8, 4) is 17.2 Å². The molecule has 1 aliphatic rings. The van der Waals surface area contributed by atoms with Crippen molar-refractivity contribution in [3.63, 3.8) is 0 Å². The fourth-order valence-corrected chi connectivity index (χ4v) is 4.36. The van der Waals surface area contributed by atoms with Gasteiger partial charge in [-0.1, -0.05) is 32.9 Å². The number of Topliss-reactive ketones (excluding diaryl/α,β-unsaturated/α-hetero) is 1. The molecule has 0 spiro atoms. The topological polar surface area (TPSA) is 94.5 Å². The van der Waals surface area contributed by atoms with E-state index >= 15 is 0 Å². The summed E-state index contributed by atoms with van der Waals surface area (Å²) in [6, 6.07) is 9.85. The Morgan fingerprint density at radius 2 is 1.56 bits per heavy atom. The first-order valence-electron chi connectivity index (χ1n) is 11.8. The van der Waals surface area contributed by atoms with E-state index in [0.29, 0.717) is 41.4 Å². The van der Waals surface area contributed by atoms with Crippen molar-refractivity contribution in [2.24, 2.45) is 0 Å². The van der Waals surface area contributed by atoms with E-state index in [0.717, 1.165) is 5.56 Å². The van der Waals surface area contributed by atoms with Crippen LogP contribution in [0, 0.1) is 0 Å². The average Bonchev–Trinajstić information content (AvgIpc) is 3.12. The van der Waals surface area contributed by atoms with Gasteiger partial charge in [0, 0.05) is 20.3 Å². The van der Waals surface area contributed by atoms with Crippen LogP contribution >= 0.6 is 0 Å². The first-order chi connectivity index (χ1) is 17.1. The Kier molecular flexibility index (Phi) is 8.30. The number of hydrogen-bond donors (Lipinski definition) is 1. The minimum Gasteiger partial charge on any atom is -0.507 e. The molecule has 194 valence electrons. The Morgan fingerprint density at radius 1 is 0.917 bits per heavy atom. The molecule has 1 N–H and O–H groups in total. The van der Waals surface area contributed by atoms with Gasteiger partial charge in [0.25, 0.3) is 11.7 Å². The van der Waals surface area contributed by atoms with E-state index in [2.05, 4.69) is 20.8 Å². The molecular weight excluding hydrogens is 462 g/mol. The molecule has 1 fully saturated rings. The molecule has 3 rings (SSSR count). The Labute approximate surface area is 212 Å². The normalized spacial score (nSPS) is 17.4. The number of ketones is 1. The van der Waals surface area contributed by atoms with Crippen molar-refractivity contribution in [1.82, 2.24) is 4.90 Å². The van der Waals surface area contributed by atoms with Crippen LogP contribution in [0.15, 0.2) is 42.0 Å². The van der Waals surface area contributed by atoms with Gasteiger partial charge in [0.15, 0.2) is 11.5 Å². The second-order valence-electron chi connectivity index (χ2n) is 9.62. The highest BCUT2D eigenvalue weighted by atomic mass is 16.5. The van der Waals surface area contributed by atoms with E-state index < -0.39 is 17.7 Å². The number of benzene rings is 2. The van der Waals surface area contributed by atoms with Crippen LogP contribution < -0.4 is 14.2 Å². The predicted octanol–water partition coefficient (Wildman–Crippen LogP) is 4.47. The highest BCUT2D eigenvalue weighted by Crippen LogP contribution is 2.43. The first-order valence-corrected chi connectivity index (χ1v) is 11.8. The van der Waals surface area contributed by atoms with Crippen LogP contribution in [0.1, 0.15) is 49.9 Å². The van der Waals surface area contributed by atoms with Crippen LogP contribution in [0.5, 0.6) is 17.2 Å². The molecule has 1 unspecified atom stereocenters. The smallest absolute Gasteiger partial charge is 0.295 e. The number of amides is 1. The lowest BCUT2D eigenvalue weighted by atomic mass is 9.85. The van der Waals surface area contributed by atoms with Gasteiger partial charge in [-0.25, -0.2) is 0 Å². The number of aliphatic hydroxyl groups excluding tert-OH is 1. The summed E-state index contributed by atoms with van der Waals surface area (Å²) in [7, 11) is 6.12. The Balaban J connectivity index is 2.26. The highest BCUT2D eigenvalue weighted by Gasteiger charge is 2.46. The number of nitrogens with zero attached hydrogens (tertiary/aromatic N) is 1. The summed E-state index contributed by atoms with van der Waals surface area (Å²) in [6.45, 7) is 6.85. The monoisotopic (exact) mass is 497 g/mol. The van der Waals surface area contributed by atoms with Crippen molar-refractivity contribution in [1.29, 1.82) is 0 Å². The molecule has 2 aromatic carbocycles. The van der Waals surface area contributed by atoms with Crippen molar-refractivity contribution in [2.45, 2.75) is 38.6 Å². The molecular formula is C28H35NO7. The van der Waals surface area contributed by atoms with E-state index in [1.165, 1.54) is 26.2 Å². The second kappa shape index (κ2) is 11.0. The van der Waals surface area contributed by atoms with Gasteiger partial charge in [0.1, 0.15) is 11.5 Å². The zero-order valence-corrected chi connectivity index (χ0v) is 22.0. The van der Waals surface area contributed by atoms with Crippen LogP contribution in [0.4, 0.5) is 0 Å². The molecule has 1 heterocycles. The van der Waals surface area contributed by atoms with Crippen LogP contribution in [0.2, 0.25) is 0 Å². The third-order valence-corrected chi connectivity index (χ3v) is 6.33. The average molecular weight is 498 g/mol. The summed E-state index contributed by atoms with van der Waals surface area (Å²) in [4.78, 5) is 28.0. The van der Waals surface area contributed by atoms with Gasteiger partial charge in [0.05, 0.1) is 38.5 Å². The van der Waals surface area contributed by atoms with Gasteiger partial charge in [-0.3, -0.25) is 9.59 Å². The van der Waals surface area contributed by atoms with Gasteiger partial charge in [-0.15, -0.1) is 0 Å². The highest BCUT2D eigenvalue weighted by molar-refractivity contribution is 6.46. The predicted molar refractivity (Wildman–Crippen MR) is 137 cm³/mol. The van der Waals surface area contributed by atoms with Crippen LogP contribution in [-0.2, 0) is 19.7 Å². The fourth-order valence-electron chi connectivity index (χ4n) is 4.36. The molecule has 8 heteroatoms. The quantitative estimate of drug-likeness (QED) is 0.236. The maximum atomic E-state index is 13.4. The van der Waals surface area contributed by atoms with Gasteiger partial charge < -0.3 is 29.0 Å². The standard InChI is InChI=1S/C28H35NO7/c1-28(2,3)18-10-12-20(34-5)19(16-18)25(30)23-24(17-9-11-21(35-6)22(15-17)36-7)29(13-8-14-33-4)27(32)26(23)31/h9-12,15-16,24,30H,8,13-14H2,1-7H3/b25-23+. The lowest BCUT2D eigenvalue weighted by Crippen LogP contribution is -2.31. The van der Waals surface area contributed by atoms with Crippen molar-refractivity contribution < 1.29 is 33.6 Å². The van der Waals surface area contributed by atoms with E-state index in [4.69, 9.17) is 18.9 Å². The van der Waals surface area contributed by atoms with Gasteiger partial charge in [0.2, 0.25) is 0 Å². The summed E-state index contributed by atoms with van der Waals surface area (Å²) >= 11 is 0. The molecule has 0 saturated carbocycles. The molecule has 0 bridgehead atoms. The number of hydrogen-bond acceptors (Lipinski definition) is 7. The van der Waals surface area contributed by atoms with E-state index in [1.54, 1.807) is 37.4 Å². The van der Waals surface area contributed by atoms with Crippen LogP contribution in [0.25, 0.3) is 5.76 Å². The minimum absolute atomic E-state index is 0.00556. The summed E-state index contributed by atoms with van der Waals surface area (Å²) in [6.07, 6.45) is 0.524. The van der Waals surface area contributed by atoms with Crippen molar-refractivity contribution >= 4 is 17.4 Å². The molecule has 8 nitrogen and oxygen atoms in total. The molecule has 0 aromatic heterocycles. The summed E-state index contributed by atoms with van der Waals surface area (Å²) < 4.78 is 21.5. The van der Waals surface area contributed by atoms with Crippen molar-refractivity contribution in [2.75, 3.05) is 41.6 Å². The van der Waals surface area contributed by atoms with Gasteiger partial charge >= 0.3 is 0 Å². The molecule has 1 aliphatic heterocycles. The molecule has 0 radical (unpaired) electrons. The van der Waals surface area contributed by atoms with E-state index in [-0.39, 0.29) is 23.3 Å². The lowest BCUT2D eigenvalue weighted by molar-refractivity contribution is -0.140. The molecule has 36 heavy (non-hydrogen) atoms. The van der Waals surface area contributed by atoms with E-state index in [1.807, 2.05) is 6.07 Å². The van der Waals surface area contributed by atoms with E-state index in [9.17, 15) is 14.7 Å². The van der Waals surface area contributed by atoms with Crippen molar-refractivity contribution in [3.05, 3.63) is 58.7 Å². The Hall–Kier alpha value is -3.52. The minimum atomic E-state index is -0.829. The summed E-state index contributed by atoms with van der Waals surface area (Å²) in [5.41, 5.74) is 1.69. The second-order valence-corrected chi connectivity index (χ2v) is 9.62. The molecule has 1 saturated heterocycles.